The van der Waals surface area contributed by atoms with Gasteiger partial charge in [-0.25, -0.2) is 10.9 Å². The minimum absolute atomic E-state index is 0. The number of likely N-dealkylation sites (N-methyl/N-ethyl adjacent to an activating group) is 2. The van der Waals surface area contributed by atoms with Crippen LogP contribution in [-0.4, -0.2) is 127 Å². The Labute approximate surface area is 409 Å². The SMILES string of the molecule is CN(C)CCNC(=O)c1[nH]c2cc(N)cc3c2c1C=NNC3=O.CN(C)CCNC(=O)c1[nH]c2cc(NC(=O)[C@@H]3C[C@H]3c3ccccc3)cc3c2c1C=NNC3=O.Cl.O=C(O)[C@@H]1C[C@H]1c1ccccc1. The molecule has 6 aromatic rings. The number of nitrogen functional groups attached to an aromatic ring is 1. The monoisotopic (exact) mass is 970 g/mol. The lowest BCUT2D eigenvalue weighted by atomic mass is 10.0. The number of rotatable bonds is 13. The second-order valence-electron chi connectivity index (χ2n) is 17.8. The first-order valence-electron chi connectivity index (χ1n) is 22.5. The van der Waals surface area contributed by atoms with Gasteiger partial charge in [0.05, 0.1) is 29.5 Å². The standard InChI is InChI=1S/C25H26N6O3.C15H18N6O2.C10H10O2.ClH/c1-31(2)9-8-26-25(34)22-19-13-27-30-24(33)18-10-15(11-20(29-22)21(18)19)28-23(32)17-12-16(17)14-6-4-3-5-7-14;1-21(2)4-3-17-15(23)13-10-7-18-20-14(22)9-5-8(16)6-11(19-13)12(9)10;11-10(12)9-6-8(9)7-4-2-1-3-5-7;/h3-7,10-11,13,16-17,29H,8-9,12H2,1-2H3,(H,26,34)(H,28,32)(H,30,33);5-7,19H,3-4,16H2,1-2H3,(H,17,23)(H,20,22);1-5,8-9H,6H2,(H,11,12);1H/t16-,17+;;8-,9+;/m0.0./s1. The van der Waals surface area contributed by atoms with Gasteiger partial charge in [0.15, 0.2) is 0 Å². The molecule has 70 heavy (non-hydrogen) atoms. The van der Waals surface area contributed by atoms with Gasteiger partial charge in [-0.15, -0.1) is 12.4 Å². The van der Waals surface area contributed by atoms with Crippen molar-refractivity contribution < 1.29 is 33.9 Å². The molecule has 10 rings (SSSR count). The molecule has 2 saturated carbocycles. The largest absolute Gasteiger partial charge is 0.481 e. The highest BCUT2D eigenvalue weighted by atomic mass is 35.5. The van der Waals surface area contributed by atoms with Crippen LogP contribution in [-0.2, 0) is 9.59 Å². The molecule has 19 nitrogen and oxygen atoms in total. The summed E-state index contributed by atoms with van der Waals surface area (Å²) in [6.45, 7) is 2.42. The minimum atomic E-state index is -0.663. The number of hydrazone groups is 2. The van der Waals surface area contributed by atoms with Crippen molar-refractivity contribution in [1.82, 2.24) is 41.3 Å². The molecule has 4 aliphatic rings. The summed E-state index contributed by atoms with van der Waals surface area (Å²) in [7, 11) is 7.72. The van der Waals surface area contributed by atoms with Crippen molar-refractivity contribution in [3.8, 4) is 0 Å². The van der Waals surface area contributed by atoms with E-state index in [1.165, 1.54) is 12.4 Å². The van der Waals surface area contributed by atoms with E-state index in [9.17, 15) is 28.8 Å². The second-order valence-corrected chi connectivity index (χ2v) is 17.8. The Morgan fingerprint density at radius 1 is 0.671 bits per heavy atom. The molecule has 2 aromatic heterocycles. The highest BCUT2D eigenvalue weighted by Crippen LogP contribution is 2.48. The summed E-state index contributed by atoms with van der Waals surface area (Å²) in [5.41, 5.74) is 17.7. The Morgan fingerprint density at radius 3 is 1.60 bits per heavy atom. The number of hydrogen-bond acceptors (Lipinski definition) is 11. The maximum atomic E-state index is 12.9. The molecule has 0 unspecified atom stereocenters. The quantitative estimate of drug-likeness (QED) is 0.0721. The zero-order valence-corrected chi connectivity index (χ0v) is 39.8. The minimum Gasteiger partial charge on any atom is -0.481 e. The Hall–Kier alpha value is -7.87. The summed E-state index contributed by atoms with van der Waals surface area (Å²) < 4.78 is 0. The highest BCUT2D eigenvalue weighted by molar-refractivity contribution is 6.21. The Kier molecular flexibility index (Phi) is 15.4. The molecular formula is C50H55ClN12O7. The van der Waals surface area contributed by atoms with Crippen LogP contribution in [0.2, 0.25) is 0 Å². The number of aromatic amines is 2. The summed E-state index contributed by atoms with van der Waals surface area (Å²) in [6.07, 6.45) is 4.55. The first kappa shape index (κ1) is 50.0. The molecule has 4 heterocycles. The van der Waals surface area contributed by atoms with Gasteiger partial charge in [-0.2, -0.15) is 10.2 Å². The molecule has 2 aliphatic heterocycles. The predicted octanol–water partition coefficient (Wildman–Crippen LogP) is 4.69. The van der Waals surface area contributed by atoms with Crippen LogP contribution < -0.4 is 32.5 Å². The maximum absolute atomic E-state index is 12.9. The third kappa shape index (κ3) is 11.3. The molecule has 2 fully saturated rings. The Balaban J connectivity index is 0.000000172. The van der Waals surface area contributed by atoms with E-state index in [0.717, 1.165) is 30.5 Å². The average Bonchev–Trinajstić information content (AvgIpc) is 4.25. The number of aliphatic carboxylic acids is 1. The molecule has 10 N–H and O–H groups in total. The normalized spacial score (nSPS) is 17.9. The van der Waals surface area contributed by atoms with Gasteiger partial charge in [0, 0.05) is 76.4 Å². The number of nitrogens with two attached hydrogens (primary N) is 1. The number of amides is 5. The topological polar surface area (TPSA) is 272 Å². The van der Waals surface area contributed by atoms with Crippen LogP contribution in [0.1, 0.15) is 88.6 Å². The Morgan fingerprint density at radius 2 is 1.13 bits per heavy atom. The van der Waals surface area contributed by atoms with Crippen LogP contribution in [0.15, 0.2) is 95.1 Å². The van der Waals surface area contributed by atoms with Gasteiger partial charge in [-0.3, -0.25) is 28.8 Å². The fourth-order valence-electron chi connectivity index (χ4n) is 8.50. The number of carboxylic acid groups (broad SMARTS) is 1. The number of anilines is 2. The lowest BCUT2D eigenvalue weighted by Gasteiger charge is -2.10. The average molecular weight is 972 g/mol. The lowest BCUT2D eigenvalue weighted by molar-refractivity contribution is -0.138. The van der Waals surface area contributed by atoms with Crippen LogP contribution in [0, 0.1) is 11.8 Å². The van der Waals surface area contributed by atoms with Crippen LogP contribution in [0.4, 0.5) is 11.4 Å². The molecule has 0 saturated heterocycles. The number of carbonyl (C=O) groups is 6. The number of carbonyl (C=O) groups excluding carboxylic acids is 5. The number of carboxylic acids is 1. The van der Waals surface area contributed by atoms with Gasteiger partial charge < -0.3 is 46.6 Å². The number of nitrogens with zero attached hydrogens (tertiary/aromatic N) is 4. The molecule has 0 spiro atoms. The van der Waals surface area contributed by atoms with E-state index in [0.29, 0.717) is 86.5 Å². The van der Waals surface area contributed by atoms with Gasteiger partial charge in [-0.05, 0) is 88.3 Å². The molecule has 2 aliphatic carbocycles. The first-order valence-corrected chi connectivity index (χ1v) is 22.5. The van der Waals surface area contributed by atoms with E-state index in [4.69, 9.17) is 10.8 Å². The Bertz CT molecular complexity index is 3020. The third-order valence-electron chi connectivity index (χ3n) is 12.2. The summed E-state index contributed by atoms with van der Waals surface area (Å²) >= 11 is 0. The van der Waals surface area contributed by atoms with E-state index >= 15 is 0 Å². The van der Waals surface area contributed by atoms with E-state index in [1.807, 2.05) is 98.7 Å². The van der Waals surface area contributed by atoms with Crippen molar-refractivity contribution in [2.24, 2.45) is 22.0 Å². The second kappa shape index (κ2) is 21.6. The van der Waals surface area contributed by atoms with E-state index in [2.05, 4.69) is 47.0 Å². The summed E-state index contributed by atoms with van der Waals surface area (Å²) in [5, 5.41) is 26.5. The molecular weight excluding hydrogens is 916 g/mol. The molecule has 0 radical (unpaired) electrons. The highest BCUT2D eigenvalue weighted by Gasteiger charge is 2.44. The molecule has 364 valence electrons. The summed E-state index contributed by atoms with van der Waals surface area (Å²) in [4.78, 5) is 83.6. The van der Waals surface area contributed by atoms with Crippen LogP contribution in [0.5, 0.6) is 0 Å². The van der Waals surface area contributed by atoms with Gasteiger partial charge in [0.2, 0.25) is 5.91 Å². The van der Waals surface area contributed by atoms with E-state index in [1.54, 1.807) is 24.3 Å². The number of benzene rings is 4. The van der Waals surface area contributed by atoms with Gasteiger partial charge in [-0.1, -0.05) is 60.7 Å². The smallest absolute Gasteiger partial charge is 0.307 e. The van der Waals surface area contributed by atoms with Gasteiger partial charge in [0.25, 0.3) is 23.6 Å². The molecule has 4 aromatic carbocycles. The molecule has 4 atom stereocenters. The van der Waals surface area contributed by atoms with Crippen molar-refractivity contribution in [3.05, 3.63) is 130 Å². The summed E-state index contributed by atoms with van der Waals surface area (Å²) in [6, 6.07) is 26.5. The number of hydrogen-bond donors (Lipinski definition) is 9. The van der Waals surface area contributed by atoms with Crippen molar-refractivity contribution in [2.75, 3.05) is 65.4 Å². The number of H-pyrrole nitrogens is 2. The van der Waals surface area contributed by atoms with E-state index < -0.39 is 11.9 Å². The number of halogens is 1. The first-order chi connectivity index (χ1) is 33.2. The van der Waals surface area contributed by atoms with Gasteiger partial charge >= 0.3 is 5.97 Å². The van der Waals surface area contributed by atoms with Crippen molar-refractivity contribution >= 4 is 93.5 Å². The fraction of sp³-hybridized carbons (Fsp3) is 0.280. The van der Waals surface area contributed by atoms with Crippen LogP contribution in [0.3, 0.4) is 0 Å². The molecule has 0 bridgehead atoms. The van der Waals surface area contributed by atoms with Crippen LogP contribution in [0.25, 0.3) is 21.8 Å². The van der Waals surface area contributed by atoms with Gasteiger partial charge in [0.1, 0.15) is 11.4 Å². The number of aromatic nitrogens is 2. The summed E-state index contributed by atoms with van der Waals surface area (Å²) in [5.74, 6) is -1.79. The van der Waals surface area contributed by atoms with E-state index in [-0.39, 0.29) is 59.7 Å². The third-order valence-corrected chi connectivity index (χ3v) is 12.2. The molecule has 20 heteroatoms. The van der Waals surface area contributed by atoms with Crippen molar-refractivity contribution in [1.29, 1.82) is 0 Å². The number of nitrogens with one attached hydrogen (secondary N) is 7. The fourth-order valence-corrected chi connectivity index (χ4v) is 8.50. The lowest BCUT2D eigenvalue weighted by Crippen LogP contribution is -2.32. The maximum Gasteiger partial charge on any atom is 0.307 e. The van der Waals surface area contributed by atoms with Crippen LogP contribution >= 0.6 is 12.4 Å². The zero-order chi connectivity index (χ0) is 48.9. The predicted molar refractivity (Wildman–Crippen MR) is 271 cm³/mol. The zero-order valence-electron chi connectivity index (χ0n) is 39.0. The van der Waals surface area contributed by atoms with Crippen molar-refractivity contribution in [2.45, 2.75) is 24.7 Å². The van der Waals surface area contributed by atoms with Crippen molar-refractivity contribution in [3.63, 3.8) is 0 Å². The molecule has 5 amide bonds.